The highest BCUT2D eigenvalue weighted by atomic mass is 16.2. The van der Waals surface area contributed by atoms with Gasteiger partial charge in [-0.15, -0.1) is 0 Å². The molecule has 25 heavy (non-hydrogen) atoms. The van der Waals surface area contributed by atoms with Crippen LogP contribution in [0.4, 0.5) is 0 Å². The third kappa shape index (κ3) is 2.77. The Balaban J connectivity index is 1.57. The minimum Gasteiger partial charge on any atom is -0.316 e. The van der Waals surface area contributed by atoms with Crippen molar-refractivity contribution in [2.24, 2.45) is 0 Å². The lowest BCUT2D eigenvalue weighted by Gasteiger charge is -2.47. The van der Waals surface area contributed by atoms with Gasteiger partial charge in [-0.3, -0.25) is 9.47 Å². The Morgan fingerprint density at radius 3 is 2.60 bits per heavy atom. The van der Waals surface area contributed by atoms with Crippen LogP contribution in [0.2, 0.25) is 0 Å². The Kier molecular flexibility index (Phi) is 4.33. The molecule has 6 heteroatoms. The molecule has 1 amide bonds. The molecule has 0 atom stereocenters. The molecule has 0 saturated carbocycles. The van der Waals surface area contributed by atoms with E-state index < -0.39 is 0 Å². The van der Waals surface area contributed by atoms with Crippen LogP contribution in [0.25, 0.3) is 5.52 Å². The summed E-state index contributed by atoms with van der Waals surface area (Å²) < 4.78 is 2.87. The molecule has 134 valence electrons. The van der Waals surface area contributed by atoms with E-state index in [4.69, 9.17) is 4.98 Å². The number of amides is 1. The molecule has 1 N–H and O–H groups in total. The number of piperidine rings is 2. The Morgan fingerprint density at radius 1 is 1.20 bits per heavy atom. The fourth-order valence-corrected chi connectivity index (χ4v) is 4.90. The van der Waals surface area contributed by atoms with E-state index in [1.807, 2.05) is 25.5 Å². The van der Waals surface area contributed by atoms with Gasteiger partial charge in [0.15, 0.2) is 0 Å². The first-order valence-corrected chi connectivity index (χ1v) is 9.49. The average Bonchev–Trinajstić information content (AvgIpc) is 3.08. The van der Waals surface area contributed by atoms with E-state index in [0.717, 1.165) is 68.9 Å². The highest BCUT2D eigenvalue weighted by Crippen LogP contribution is 2.35. The summed E-state index contributed by atoms with van der Waals surface area (Å²) in [5.74, 6) is 1.90. The number of aryl methyl sites for hydroxylation is 1. The van der Waals surface area contributed by atoms with Crippen LogP contribution in [-0.4, -0.2) is 57.0 Å². The van der Waals surface area contributed by atoms with E-state index in [1.54, 1.807) is 6.92 Å². The van der Waals surface area contributed by atoms with Crippen LogP contribution < -0.4 is 5.32 Å². The second kappa shape index (κ2) is 6.50. The van der Waals surface area contributed by atoms with Crippen LogP contribution in [-0.2, 0) is 4.79 Å². The van der Waals surface area contributed by atoms with Gasteiger partial charge in [-0.2, -0.15) is 0 Å². The normalized spacial score (nSPS) is 28.3. The standard InChI is InChI=1S/C19H28N5O/c1-14-18-13-22-19(23(18)10-9-21-14)16-5-11-24(12-6-16,15(2)25)17-3-7-20-8-4-17/h9-10,13,16-17,20H,3-8,11-12H2,1-2H3/q+1. The summed E-state index contributed by atoms with van der Waals surface area (Å²) >= 11 is 0. The van der Waals surface area contributed by atoms with Crippen LogP contribution in [0, 0.1) is 6.92 Å². The molecule has 4 heterocycles. The maximum absolute atomic E-state index is 12.6. The second-order valence-corrected chi connectivity index (χ2v) is 7.64. The first-order chi connectivity index (χ1) is 12.1. The molecule has 2 aliphatic heterocycles. The number of rotatable bonds is 2. The number of hydrogen-bond donors (Lipinski definition) is 1. The fourth-order valence-electron chi connectivity index (χ4n) is 4.90. The third-order valence-corrected chi connectivity index (χ3v) is 6.43. The smallest absolute Gasteiger partial charge is 0.310 e. The van der Waals surface area contributed by atoms with Gasteiger partial charge in [-0.25, -0.2) is 9.78 Å². The number of likely N-dealkylation sites (tertiary alicyclic amines) is 1. The van der Waals surface area contributed by atoms with E-state index >= 15 is 0 Å². The number of nitrogens with zero attached hydrogens (tertiary/aromatic N) is 4. The first-order valence-electron chi connectivity index (χ1n) is 9.49. The fraction of sp³-hybridized carbons (Fsp3) is 0.632. The lowest BCUT2D eigenvalue weighted by molar-refractivity contribution is -0.885. The largest absolute Gasteiger partial charge is 0.316 e. The minimum absolute atomic E-state index is 0.346. The quantitative estimate of drug-likeness (QED) is 0.849. The van der Waals surface area contributed by atoms with Crippen molar-refractivity contribution in [2.45, 2.75) is 51.5 Å². The number of hydrogen-bond acceptors (Lipinski definition) is 4. The summed E-state index contributed by atoms with van der Waals surface area (Å²) in [6, 6.07) is 0.489. The number of fused-ring (bicyclic) bond motifs is 1. The average molecular weight is 342 g/mol. The van der Waals surface area contributed by atoms with Gasteiger partial charge in [0, 0.05) is 57.1 Å². The molecule has 0 spiro atoms. The van der Waals surface area contributed by atoms with Gasteiger partial charge >= 0.3 is 5.91 Å². The Bertz CT molecular complexity index is 769. The van der Waals surface area contributed by atoms with Gasteiger partial charge in [0.1, 0.15) is 5.82 Å². The molecule has 0 radical (unpaired) electrons. The zero-order chi connectivity index (χ0) is 17.4. The van der Waals surface area contributed by atoms with Crippen LogP contribution in [0.5, 0.6) is 0 Å². The highest BCUT2D eigenvalue weighted by molar-refractivity contribution is 5.66. The molecule has 2 aromatic heterocycles. The maximum atomic E-state index is 12.6. The number of carbonyl (C=O) groups is 1. The number of quaternary nitrogens is 1. The molecule has 0 unspecified atom stereocenters. The first kappa shape index (κ1) is 16.7. The predicted octanol–water partition coefficient (Wildman–Crippen LogP) is 2.03. The molecule has 2 saturated heterocycles. The van der Waals surface area contributed by atoms with Crippen LogP contribution in [0.3, 0.4) is 0 Å². The van der Waals surface area contributed by atoms with E-state index in [1.165, 1.54) is 0 Å². The van der Waals surface area contributed by atoms with Crippen molar-refractivity contribution in [2.75, 3.05) is 26.2 Å². The predicted molar refractivity (Wildman–Crippen MR) is 96.3 cm³/mol. The molecule has 4 rings (SSSR count). The summed E-state index contributed by atoms with van der Waals surface area (Å²) in [6.07, 6.45) is 10.1. The Labute approximate surface area is 148 Å². The molecule has 0 aromatic carbocycles. The van der Waals surface area contributed by atoms with Crippen LogP contribution in [0.1, 0.15) is 50.0 Å². The van der Waals surface area contributed by atoms with E-state index in [-0.39, 0.29) is 0 Å². The van der Waals surface area contributed by atoms with Gasteiger partial charge in [0.2, 0.25) is 0 Å². The van der Waals surface area contributed by atoms with Gasteiger partial charge in [-0.05, 0) is 6.92 Å². The summed E-state index contributed by atoms with van der Waals surface area (Å²) in [7, 11) is 0. The topological polar surface area (TPSA) is 59.3 Å². The number of carbonyl (C=O) groups excluding carboxylic acids is 1. The lowest BCUT2D eigenvalue weighted by Crippen LogP contribution is -2.63. The van der Waals surface area contributed by atoms with Gasteiger partial charge < -0.3 is 9.72 Å². The molecule has 2 aromatic rings. The molecular formula is C19H28N5O+. The van der Waals surface area contributed by atoms with Crippen molar-refractivity contribution in [3.63, 3.8) is 0 Å². The van der Waals surface area contributed by atoms with Crippen molar-refractivity contribution in [1.29, 1.82) is 0 Å². The van der Waals surface area contributed by atoms with Crippen LogP contribution >= 0.6 is 0 Å². The number of imidazole rings is 1. The molecule has 0 aliphatic carbocycles. The third-order valence-electron chi connectivity index (χ3n) is 6.43. The minimum atomic E-state index is 0.346. The second-order valence-electron chi connectivity index (χ2n) is 7.64. The van der Waals surface area contributed by atoms with Crippen molar-refractivity contribution in [3.8, 4) is 0 Å². The molecule has 2 fully saturated rings. The molecule has 2 aliphatic rings. The number of aromatic nitrogens is 3. The zero-order valence-electron chi connectivity index (χ0n) is 15.2. The van der Waals surface area contributed by atoms with Gasteiger partial charge in [0.05, 0.1) is 43.5 Å². The van der Waals surface area contributed by atoms with Crippen molar-refractivity contribution in [3.05, 3.63) is 30.1 Å². The summed E-state index contributed by atoms with van der Waals surface area (Å²) in [5.41, 5.74) is 2.11. The summed E-state index contributed by atoms with van der Waals surface area (Å²) in [4.78, 5) is 21.7. The van der Waals surface area contributed by atoms with Gasteiger partial charge in [-0.1, -0.05) is 0 Å². The Hall–Kier alpha value is -1.79. The zero-order valence-corrected chi connectivity index (χ0v) is 15.2. The highest BCUT2D eigenvalue weighted by Gasteiger charge is 2.45. The van der Waals surface area contributed by atoms with Crippen LogP contribution in [0.15, 0.2) is 18.6 Å². The van der Waals surface area contributed by atoms with Crippen molar-refractivity contribution in [1.82, 2.24) is 19.7 Å². The summed E-state index contributed by atoms with van der Waals surface area (Å²) in [5, 5.41) is 3.43. The van der Waals surface area contributed by atoms with Crippen molar-refractivity contribution < 1.29 is 9.28 Å². The molecular weight excluding hydrogens is 314 g/mol. The monoisotopic (exact) mass is 342 g/mol. The molecule has 6 nitrogen and oxygen atoms in total. The van der Waals surface area contributed by atoms with Crippen molar-refractivity contribution >= 4 is 11.4 Å². The SMILES string of the molecule is CC(=O)[N+]1(C2CCNCC2)CCC(c2ncc3c(C)nccn23)CC1. The summed E-state index contributed by atoms with van der Waals surface area (Å²) in [6.45, 7) is 7.79. The molecule has 0 bridgehead atoms. The van der Waals surface area contributed by atoms with Gasteiger partial charge in [0.25, 0.3) is 0 Å². The van der Waals surface area contributed by atoms with E-state index in [9.17, 15) is 4.79 Å². The lowest BCUT2D eigenvalue weighted by atomic mass is 9.89. The maximum Gasteiger partial charge on any atom is 0.310 e. The van der Waals surface area contributed by atoms with E-state index in [0.29, 0.717) is 22.3 Å². The Morgan fingerprint density at radius 2 is 1.92 bits per heavy atom. The van der Waals surface area contributed by atoms with E-state index in [2.05, 4.69) is 14.7 Å². The number of nitrogens with one attached hydrogen (secondary N) is 1.